The molecule has 1 heterocycles. The summed E-state index contributed by atoms with van der Waals surface area (Å²) in [6.07, 6.45) is -0.0606. The zero-order valence-corrected chi connectivity index (χ0v) is 10.8. The van der Waals surface area contributed by atoms with E-state index in [0.717, 1.165) is 0 Å². The highest BCUT2D eigenvalue weighted by atomic mass is 16.5. The molecule has 0 bridgehead atoms. The van der Waals surface area contributed by atoms with E-state index in [-0.39, 0.29) is 12.8 Å². The Morgan fingerprint density at radius 1 is 1.37 bits per heavy atom. The maximum absolute atomic E-state index is 11.8. The number of hydrogen-bond donors (Lipinski definition) is 2. The van der Waals surface area contributed by atoms with E-state index < -0.39 is 24.0 Å². The minimum Gasteiger partial charge on any atom is -0.480 e. The van der Waals surface area contributed by atoms with Crippen LogP contribution in [0.4, 0.5) is 4.79 Å². The topological polar surface area (TPSA) is 105 Å². The van der Waals surface area contributed by atoms with E-state index in [4.69, 9.17) is 9.84 Å². The normalized spacial score (nSPS) is 16.6. The van der Waals surface area contributed by atoms with E-state index in [1.54, 1.807) is 0 Å². The van der Waals surface area contributed by atoms with Gasteiger partial charge in [0.15, 0.2) is 0 Å². The largest absolute Gasteiger partial charge is 0.480 e. The Bertz CT molecular complexity index is 340. The van der Waals surface area contributed by atoms with E-state index in [0.29, 0.717) is 26.3 Å². The first-order valence-corrected chi connectivity index (χ1v) is 5.97. The van der Waals surface area contributed by atoms with Crippen molar-refractivity contribution in [2.45, 2.75) is 18.9 Å². The summed E-state index contributed by atoms with van der Waals surface area (Å²) in [6, 6.07) is -1.56. The molecule has 8 heteroatoms. The van der Waals surface area contributed by atoms with Crippen LogP contribution in [0.3, 0.4) is 0 Å². The zero-order chi connectivity index (χ0) is 14.3. The number of ether oxygens (including phenoxy) is 2. The predicted molar refractivity (Wildman–Crippen MR) is 63.6 cm³/mol. The van der Waals surface area contributed by atoms with Gasteiger partial charge >= 0.3 is 18.0 Å². The SMILES string of the molecule is COC(=O)CCC(NC(=O)N1CCOCC1)C(=O)O. The predicted octanol–water partition coefficient (Wildman–Crippen LogP) is -0.565. The number of urea groups is 1. The van der Waals surface area contributed by atoms with Crippen molar-refractivity contribution < 1.29 is 29.0 Å². The van der Waals surface area contributed by atoms with Crippen LogP contribution in [0.1, 0.15) is 12.8 Å². The fraction of sp³-hybridized carbons (Fsp3) is 0.727. The Labute approximate surface area is 110 Å². The molecule has 1 aliphatic rings. The summed E-state index contributed by atoms with van der Waals surface area (Å²) in [6.45, 7) is 1.73. The number of hydrogen-bond acceptors (Lipinski definition) is 5. The van der Waals surface area contributed by atoms with Crippen molar-refractivity contribution in [1.82, 2.24) is 10.2 Å². The lowest BCUT2D eigenvalue weighted by molar-refractivity contribution is -0.142. The van der Waals surface area contributed by atoms with Gasteiger partial charge in [0, 0.05) is 19.5 Å². The molecular formula is C11H18N2O6. The fourth-order valence-corrected chi connectivity index (χ4v) is 1.63. The Hall–Kier alpha value is -1.83. The van der Waals surface area contributed by atoms with Gasteiger partial charge in [0.2, 0.25) is 0 Å². The molecule has 0 aromatic heterocycles. The molecule has 1 atom stereocenters. The highest BCUT2D eigenvalue weighted by Crippen LogP contribution is 2.03. The van der Waals surface area contributed by atoms with Crippen LogP contribution < -0.4 is 5.32 Å². The van der Waals surface area contributed by atoms with Gasteiger partial charge in [-0.05, 0) is 6.42 Å². The van der Waals surface area contributed by atoms with Crippen LogP contribution in [0.2, 0.25) is 0 Å². The number of methoxy groups -OCH3 is 1. The maximum Gasteiger partial charge on any atom is 0.326 e. The van der Waals surface area contributed by atoms with Crippen LogP contribution in [0.15, 0.2) is 0 Å². The van der Waals surface area contributed by atoms with Gasteiger partial charge in [0.05, 0.1) is 20.3 Å². The van der Waals surface area contributed by atoms with Gasteiger partial charge in [-0.25, -0.2) is 9.59 Å². The van der Waals surface area contributed by atoms with Crippen molar-refractivity contribution in [3.63, 3.8) is 0 Å². The van der Waals surface area contributed by atoms with Crippen molar-refractivity contribution in [2.24, 2.45) is 0 Å². The Morgan fingerprint density at radius 3 is 2.53 bits per heavy atom. The van der Waals surface area contributed by atoms with Crippen molar-refractivity contribution in [1.29, 1.82) is 0 Å². The lowest BCUT2D eigenvalue weighted by Gasteiger charge is -2.28. The number of morpholine rings is 1. The fourth-order valence-electron chi connectivity index (χ4n) is 1.63. The van der Waals surface area contributed by atoms with Gasteiger partial charge in [-0.2, -0.15) is 0 Å². The Balaban J connectivity index is 2.45. The minimum atomic E-state index is -1.18. The van der Waals surface area contributed by atoms with E-state index in [9.17, 15) is 14.4 Å². The van der Waals surface area contributed by atoms with E-state index in [2.05, 4.69) is 10.1 Å². The van der Waals surface area contributed by atoms with Crippen molar-refractivity contribution in [3.8, 4) is 0 Å². The second-order valence-corrected chi connectivity index (χ2v) is 4.05. The molecule has 8 nitrogen and oxygen atoms in total. The summed E-state index contributed by atoms with van der Waals surface area (Å²) in [5.41, 5.74) is 0. The van der Waals surface area contributed by atoms with Crippen LogP contribution in [0.5, 0.6) is 0 Å². The quantitative estimate of drug-likeness (QED) is 0.651. The average molecular weight is 274 g/mol. The van der Waals surface area contributed by atoms with E-state index in [1.807, 2.05) is 0 Å². The number of aliphatic carboxylic acids is 1. The summed E-state index contributed by atoms with van der Waals surface area (Å²) >= 11 is 0. The van der Waals surface area contributed by atoms with Crippen LogP contribution in [-0.2, 0) is 19.1 Å². The summed E-state index contributed by atoms with van der Waals surface area (Å²) < 4.78 is 9.53. The maximum atomic E-state index is 11.8. The molecule has 108 valence electrons. The van der Waals surface area contributed by atoms with Crippen LogP contribution >= 0.6 is 0 Å². The number of esters is 1. The first-order valence-electron chi connectivity index (χ1n) is 5.97. The van der Waals surface area contributed by atoms with Gasteiger partial charge in [-0.15, -0.1) is 0 Å². The molecule has 19 heavy (non-hydrogen) atoms. The summed E-state index contributed by atoms with van der Waals surface area (Å²) in [5, 5.41) is 11.4. The molecule has 1 fully saturated rings. The second kappa shape index (κ2) is 7.57. The number of rotatable bonds is 5. The standard InChI is InChI=1S/C11H18N2O6/c1-18-9(14)3-2-8(10(15)16)12-11(17)13-4-6-19-7-5-13/h8H,2-7H2,1H3,(H,12,17)(H,15,16). The first-order chi connectivity index (χ1) is 9.04. The summed E-state index contributed by atoms with van der Waals surface area (Å²) in [4.78, 5) is 35.3. The minimum absolute atomic E-state index is 0.00190. The van der Waals surface area contributed by atoms with Crippen molar-refractivity contribution >= 4 is 18.0 Å². The van der Waals surface area contributed by atoms with Crippen molar-refractivity contribution in [3.05, 3.63) is 0 Å². The monoisotopic (exact) mass is 274 g/mol. The molecule has 1 unspecified atom stereocenters. The molecule has 0 saturated carbocycles. The first kappa shape index (κ1) is 15.2. The second-order valence-electron chi connectivity index (χ2n) is 4.05. The lowest BCUT2D eigenvalue weighted by atomic mass is 10.1. The molecule has 0 aromatic carbocycles. The molecule has 0 radical (unpaired) electrons. The molecule has 1 aliphatic heterocycles. The van der Waals surface area contributed by atoms with Gasteiger partial charge < -0.3 is 24.8 Å². The molecule has 1 rings (SSSR count). The zero-order valence-electron chi connectivity index (χ0n) is 10.8. The third-order valence-electron chi connectivity index (χ3n) is 2.76. The summed E-state index contributed by atoms with van der Waals surface area (Å²) in [7, 11) is 1.23. The Kier molecular flexibility index (Phi) is 6.07. The number of amides is 2. The van der Waals surface area contributed by atoms with Gasteiger partial charge in [0.25, 0.3) is 0 Å². The van der Waals surface area contributed by atoms with E-state index in [1.165, 1.54) is 12.0 Å². The average Bonchev–Trinajstić information content (AvgIpc) is 2.43. The number of nitrogens with one attached hydrogen (secondary N) is 1. The van der Waals surface area contributed by atoms with Crippen LogP contribution in [0.25, 0.3) is 0 Å². The van der Waals surface area contributed by atoms with Gasteiger partial charge in [-0.3, -0.25) is 4.79 Å². The summed E-state index contributed by atoms with van der Waals surface area (Å²) in [5.74, 6) is -1.68. The smallest absolute Gasteiger partial charge is 0.326 e. The van der Waals surface area contributed by atoms with Crippen molar-refractivity contribution in [2.75, 3.05) is 33.4 Å². The number of carboxylic acids is 1. The molecule has 2 amide bonds. The highest BCUT2D eigenvalue weighted by Gasteiger charge is 2.24. The number of carboxylic acid groups (broad SMARTS) is 1. The highest BCUT2D eigenvalue weighted by molar-refractivity contribution is 5.83. The number of carbonyl (C=O) groups excluding carboxylic acids is 2. The van der Waals surface area contributed by atoms with Crippen LogP contribution in [-0.4, -0.2) is 67.4 Å². The molecule has 0 aromatic rings. The third-order valence-corrected chi connectivity index (χ3v) is 2.76. The van der Waals surface area contributed by atoms with Gasteiger partial charge in [-0.1, -0.05) is 0 Å². The molecule has 2 N–H and O–H groups in total. The van der Waals surface area contributed by atoms with Gasteiger partial charge in [0.1, 0.15) is 6.04 Å². The molecule has 0 aliphatic carbocycles. The third kappa shape index (κ3) is 5.12. The van der Waals surface area contributed by atoms with E-state index >= 15 is 0 Å². The molecular weight excluding hydrogens is 256 g/mol. The Morgan fingerprint density at radius 2 is 2.00 bits per heavy atom. The number of carbonyl (C=O) groups is 3. The molecule has 0 spiro atoms. The van der Waals surface area contributed by atoms with Crippen LogP contribution in [0, 0.1) is 0 Å². The number of nitrogens with zero attached hydrogens (tertiary/aromatic N) is 1. The lowest BCUT2D eigenvalue weighted by Crippen LogP contribution is -2.51. The molecule has 1 saturated heterocycles.